The second kappa shape index (κ2) is 9.32. The lowest BCUT2D eigenvalue weighted by molar-refractivity contribution is -0.119. The SMILES string of the molecule is COc1ccccc1/C=N\N1C(=S)SC(C)(C)[C@@H]1N(O)C(=O)NC1CCCCC1. The number of hydroxylamine groups is 2. The number of ether oxygens (including phenoxy) is 1. The number of hydrogen-bond acceptors (Lipinski definition) is 6. The van der Waals surface area contributed by atoms with Gasteiger partial charge in [0.1, 0.15) is 5.75 Å². The molecule has 0 bridgehead atoms. The van der Waals surface area contributed by atoms with Crippen molar-refractivity contribution in [2.45, 2.75) is 62.9 Å². The van der Waals surface area contributed by atoms with Crippen LogP contribution in [0.1, 0.15) is 51.5 Å². The van der Waals surface area contributed by atoms with Crippen LogP contribution in [0.3, 0.4) is 0 Å². The molecule has 1 aliphatic carbocycles. The van der Waals surface area contributed by atoms with Gasteiger partial charge in [-0.2, -0.15) is 10.2 Å². The molecule has 1 atom stereocenters. The second-order valence-electron chi connectivity index (χ2n) is 7.81. The smallest absolute Gasteiger partial charge is 0.343 e. The fourth-order valence-corrected chi connectivity index (χ4v) is 5.51. The number of nitrogens with one attached hydrogen (secondary N) is 1. The maximum Gasteiger partial charge on any atom is 0.343 e. The lowest BCUT2D eigenvalue weighted by Gasteiger charge is -2.35. The van der Waals surface area contributed by atoms with Crippen molar-refractivity contribution in [3.05, 3.63) is 29.8 Å². The molecule has 1 aromatic carbocycles. The van der Waals surface area contributed by atoms with E-state index in [0.717, 1.165) is 36.3 Å². The molecule has 29 heavy (non-hydrogen) atoms. The van der Waals surface area contributed by atoms with E-state index in [1.54, 1.807) is 13.3 Å². The van der Waals surface area contributed by atoms with Crippen molar-refractivity contribution < 1.29 is 14.7 Å². The standard InChI is InChI=1S/C20H28N4O3S2/c1-20(2)17(24(26)18(25)22-15-10-5-4-6-11-15)23(19(28)29-20)21-13-14-9-7-8-12-16(14)27-3/h7-9,12-13,15,17,26H,4-6,10-11H2,1-3H3,(H,22,25)/b21-13-/t17-/m0/s1. The van der Waals surface area contributed by atoms with Crippen LogP contribution in [0.15, 0.2) is 29.4 Å². The zero-order chi connectivity index (χ0) is 21.0. The molecular weight excluding hydrogens is 408 g/mol. The highest BCUT2D eigenvalue weighted by atomic mass is 32.2. The Labute approximate surface area is 181 Å². The van der Waals surface area contributed by atoms with Crippen LogP contribution >= 0.6 is 24.0 Å². The van der Waals surface area contributed by atoms with E-state index >= 15 is 0 Å². The summed E-state index contributed by atoms with van der Waals surface area (Å²) in [5.41, 5.74) is 0.780. The highest BCUT2D eigenvalue weighted by Crippen LogP contribution is 2.42. The summed E-state index contributed by atoms with van der Waals surface area (Å²) in [6.45, 7) is 3.87. The van der Waals surface area contributed by atoms with Gasteiger partial charge in [0.15, 0.2) is 10.5 Å². The van der Waals surface area contributed by atoms with Gasteiger partial charge in [-0.3, -0.25) is 5.21 Å². The quantitative estimate of drug-likeness (QED) is 0.312. The van der Waals surface area contributed by atoms with Crippen LogP contribution in [0, 0.1) is 0 Å². The molecule has 2 fully saturated rings. The van der Waals surface area contributed by atoms with E-state index in [-0.39, 0.29) is 6.04 Å². The van der Waals surface area contributed by atoms with Gasteiger partial charge in [-0.05, 0) is 38.8 Å². The van der Waals surface area contributed by atoms with Gasteiger partial charge >= 0.3 is 6.03 Å². The first-order valence-corrected chi connectivity index (χ1v) is 11.0. The Kier molecular flexibility index (Phi) is 7.02. The van der Waals surface area contributed by atoms with Crippen LogP contribution in [-0.4, -0.2) is 55.9 Å². The zero-order valence-corrected chi connectivity index (χ0v) is 18.6. The number of hydrogen-bond donors (Lipinski definition) is 2. The van der Waals surface area contributed by atoms with Gasteiger partial charge in [-0.25, -0.2) is 9.80 Å². The molecule has 2 aliphatic rings. The van der Waals surface area contributed by atoms with Crippen molar-refractivity contribution in [1.29, 1.82) is 0 Å². The van der Waals surface area contributed by atoms with E-state index in [4.69, 9.17) is 17.0 Å². The predicted octanol–water partition coefficient (Wildman–Crippen LogP) is 4.20. The van der Waals surface area contributed by atoms with Crippen molar-refractivity contribution in [3.63, 3.8) is 0 Å². The molecule has 7 nitrogen and oxygen atoms in total. The number of urea groups is 1. The van der Waals surface area contributed by atoms with E-state index < -0.39 is 16.9 Å². The summed E-state index contributed by atoms with van der Waals surface area (Å²) >= 11 is 6.89. The first kappa shape index (κ1) is 21.9. The summed E-state index contributed by atoms with van der Waals surface area (Å²) < 4.78 is 5.32. The molecule has 158 valence electrons. The molecule has 0 aromatic heterocycles. The minimum Gasteiger partial charge on any atom is -0.496 e. The van der Waals surface area contributed by atoms with Gasteiger partial charge < -0.3 is 10.1 Å². The summed E-state index contributed by atoms with van der Waals surface area (Å²) in [5.74, 6) is 0.681. The van der Waals surface area contributed by atoms with Gasteiger partial charge in [0, 0.05) is 11.6 Å². The maximum absolute atomic E-state index is 12.7. The number of carbonyl (C=O) groups excluding carboxylic acids is 1. The Morgan fingerprint density at radius 1 is 1.38 bits per heavy atom. The molecule has 1 heterocycles. The van der Waals surface area contributed by atoms with Crippen molar-refractivity contribution in [3.8, 4) is 5.75 Å². The number of benzene rings is 1. The van der Waals surface area contributed by atoms with E-state index in [1.807, 2.05) is 38.1 Å². The number of thiocarbonyl (C=S) groups is 1. The average Bonchev–Trinajstić information content (AvgIpc) is 2.94. The number of methoxy groups -OCH3 is 1. The van der Waals surface area contributed by atoms with Crippen LogP contribution in [0.25, 0.3) is 0 Å². The summed E-state index contributed by atoms with van der Waals surface area (Å²) in [6.07, 6.45) is 6.18. The molecule has 1 saturated carbocycles. The van der Waals surface area contributed by atoms with Gasteiger partial charge in [0.2, 0.25) is 0 Å². The van der Waals surface area contributed by atoms with Crippen LogP contribution < -0.4 is 10.1 Å². The first-order chi connectivity index (χ1) is 13.8. The van der Waals surface area contributed by atoms with Crippen molar-refractivity contribution >= 4 is 40.5 Å². The third-order valence-corrected chi connectivity index (χ3v) is 6.76. The highest BCUT2D eigenvalue weighted by molar-refractivity contribution is 8.24. The van der Waals surface area contributed by atoms with Gasteiger partial charge in [-0.15, -0.1) is 0 Å². The number of nitrogens with zero attached hydrogens (tertiary/aromatic N) is 3. The number of para-hydroxylation sites is 1. The molecular formula is C20H28N4O3S2. The van der Waals surface area contributed by atoms with Gasteiger partial charge in [0.25, 0.3) is 0 Å². The van der Waals surface area contributed by atoms with Crippen LogP contribution in [-0.2, 0) is 0 Å². The summed E-state index contributed by atoms with van der Waals surface area (Å²) in [7, 11) is 1.60. The largest absolute Gasteiger partial charge is 0.496 e. The molecule has 9 heteroatoms. The minimum absolute atomic E-state index is 0.0977. The molecule has 2 N–H and O–H groups in total. The molecule has 1 aliphatic heterocycles. The predicted molar refractivity (Wildman–Crippen MR) is 120 cm³/mol. The van der Waals surface area contributed by atoms with E-state index in [9.17, 15) is 10.0 Å². The number of rotatable bonds is 5. The fourth-order valence-electron chi connectivity index (χ4n) is 3.72. The Balaban J connectivity index is 1.78. The molecule has 0 unspecified atom stereocenters. The Morgan fingerprint density at radius 3 is 2.76 bits per heavy atom. The van der Waals surface area contributed by atoms with Gasteiger partial charge in [-0.1, -0.05) is 55.4 Å². The number of carbonyl (C=O) groups is 1. The first-order valence-electron chi connectivity index (χ1n) is 9.81. The average molecular weight is 437 g/mol. The summed E-state index contributed by atoms with van der Waals surface area (Å²) in [4.78, 5) is 12.7. The highest BCUT2D eigenvalue weighted by Gasteiger charge is 2.50. The number of thioether (sulfide) groups is 1. The van der Waals surface area contributed by atoms with Gasteiger partial charge in [0.05, 0.1) is 18.1 Å². The monoisotopic (exact) mass is 436 g/mol. The minimum atomic E-state index is -0.727. The maximum atomic E-state index is 12.7. The molecule has 1 aromatic rings. The molecule has 0 spiro atoms. The van der Waals surface area contributed by atoms with Crippen LogP contribution in [0.4, 0.5) is 4.79 Å². The Bertz CT molecular complexity index is 781. The zero-order valence-electron chi connectivity index (χ0n) is 17.0. The van der Waals surface area contributed by atoms with Crippen molar-refractivity contribution in [2.75, 3.05) is 7.11 Å². The second-order valence-corrected chi connectivity index (χ2v) is 10.1. The summed E-state index contributed by atoms with van der Waals surface area (Å²) in [6, 6.07) is 7.07. The third kappa shape index (κ3) is 5.02. The normalized spacial score (nSPS) is 22.1. The van der Waals surface area contributed by atoms with Crippen LogP contribution in [0.2, 0.25) is 0 Å². The van der Waals surface area contributed by atoms with Crippen molar-refractivity contribution in [1.82, 2.24) is 15.4 Å². The molecule has 2 amide bonds. The topological polar surface area (TPSA) is 77.4 Å². The van der Waals surface area contributed by atoms with Crippen molar-refractivity contribution in [2.24, 2.45) is 5.10 Å². The molecule has 0 radical (unpaired) electrons. The Morgan fingerprint density at radius 2 is 2.07 bits per heavy atom. The lowest BCUT2D eigenvalue weighted by atomic mass is 9.96. The number of hydrazone groups is 1. The molecule has 1 saturated heterocycles. The third-order valence-electron chi connectivity index (χ3n) is 5.22. The van der Waals surface area contributed by atoms with Crippen LogP contribution in [0.5, 0.6) is 5.75 Å². The van der Waals surface area contributed by atoms with E-state index in [1.165, 1.54) is 23.2 Å². The van der Waals surface area contributed by atoms with E-state index in [2.05, 4.69) is 10.4 Å². The lowest BCUT2D eigenvalue weighted by Crippen LogP contribution is -2.57. The van der Waals surface area contributed by atoms with E-state index in [0.29, 0.717) is 10.1 Å². The summed E-state index contributed by atoms with van der Waals surface area (Å²) in [5, 5.41) is 20.5. The Hall–Kier alpha value is -1.84. The number of amides is 2. The fraction of sp³-hybridized carbons (Fsp3) is 0.550. The molecule has 3 rings (SSSR count).